The van der Waals surface area contributed by atoms with E-state index < -0.39 is 0 Å². The molecule has 2 heterocycles. The van der Waals surface area contributed by atoms with Crippen molar-refractivity contribution in [3.63, 3.8) is 0 Å². The lowest BCUT2D eigenvalue weighted by Gasteiger charge is -2.14. The topological polar surface area (TPSA) is 67.2 Å². The van der Waals surface area contributed by atoms with Gasteiger partial charge in [0.15, 0.2) is 5.16 Å². The zero-order valence-corrected chi connectivity index (χ0v) is 21.8. The van der Waals surface area contributed by atoms with Crippen molar-refractivity contribution in [1.29, 1.82) is 0 Å². The number of carbonyl (C=O) groups excluding carboxylic acids is 1. The number of anilines is 2. The van der Waals surface area contributed by atoms with E-state index in [2.05, 4.69) is 5.32 Å². The van der Waals surface area contributed by atoms with Crippen LogP contribution in [-0.2, 0) is 17.6 Å². The number of amides is 1. The van der Waals surface area contributed by atoms with Gasteiger partial charge in [0.2, 0.25) is 5.91 Å². The number of hydrogen-bond acceptors (Lipinski definition) is 6. The number of nitrogens with one attached hydrogen (secondary N) is 1. The molecule has 5 rings (SSSR count). The second-order valence-electron chi connectivity index (χ2n) is 9.04. The number of aryl methyl sites for hydroxylation is 3. The predicted octanol–water partition coefficient (Wildman–Crippen LogP) is 5.43. The highest BCUT2D eigenvalue weighted by Gasteiger charge is 2.23. The summed E-state index contributed by atoms with van der Waals surface area (Å²) in [6, 6.07) is 15.6. The Labute approximate surface area is 213 Å². The van der Waals surface area contributed by atoms with Crippen LogP contribution >= 0.6 is 23.1 Å². The summed E-state index contributed by atoms with van der Waals surface area (Å²) < 4.78 is 1.67. The van der Waals surface area contributed by atoms with E-state index in [0.717, 1.165) is 58.5 Å². The van der Waals surface area contributed by atoms with Crippen LogP contribution in [0.4, 0.5) is 11.4 Å². The quantitative estimate of drug-likeness (QED) is 0.280. The number of carbonyl (C=O) groups is 1. The molecule has 0 spiro atoms. The van der Waals surface area contributed by atoms with Crippen LogP contribution in [0.15, 0.2) is 58.5 Å². The summed E-state index contributed by atoms with van der Waals surface area (Å²) in [5.74, 6) is 0.0208. The van der Waals surface area contributed by atoms with Crippen molar-refractivity contribution in [3.8, 4) is 5.69 Å². The Balaban J connectivity index is 1.46. The van der Waals surface area contributed by atoms with Gasteiger partial charge >= 0.3 is 0 Å². The van der Waals surface area contributed by atoms with Crippen LogP contribution in [0.25, 0.3) is 15.9 Å². The Bertz CT molecular complexity index is 1440. The van der Waals surface area contributed by atoms with Crippen LogP contribution in [0.2, 0.25) is 0 Å². The number of aromatic nitrogens is 2. The van der Waals surface area contributed by atoms with E-state index >= 15 is 0 Å². The maximum atomic E-state index is 13.8. The first kappa shape index (κ1) is 23.6. The highest BCUT2D eigenvalue weighted by Crippen LogP contribution is 2.35. The number of thioether (sulfide) groups is 1. The number of thiophene rings is 1. The Morgan fingerprint density at radius 1 is 1.09 bits per heavy atom. The van der Waals surface area contributed by atoms with Crippen molar-refractivity contribution in [2.45, 2.75) is 37.8 Å². The minimum absolute atomic E-state index is 0.0413. The molecule has 0 unspecified atom stereocenters. The molecule has 0 radical (unpaired) electrons. The fourth-order valence-electron chi connectivity index (χ4n) is 4.37. The summed E-state index contributed by atoms with van der Waals surface area (Å²) >= 11 is 2.93. The van der Waals surface area contributed by atoms with Crippen LogP contribution in [0.1, 0.15) is 28.8 Å². The number of fused-ring (bicyclic) bond motifs is 3. The van der Waals surface area contributed by atoms with Gasteiger partial charge in [-0.1, -0.05) is 29.5 Å². The molecule has 2 aromatic carbocycles. The van der Waals surface area contributed by atoms with E-state index in [-0.39, 0.29) is 17.2 Å². The third kappa shape index (κ3) is 4.86. The number of benzene rings is 2. The molecule has 0 saturated carbocycles. The van der Waals surface area contributed by atoms with Crippen molar-refractivity contribution in [3.05, 3.63) is 74.9 Å². The molecule has 1 N–H and O–H groups in total. The fourth-order valence-corrected chi connectivity index (χ4v) is 6.49. The summed E-state index contributed by atoms with van der Waals surface area (Å²) in [4.78, 5) is 35.5. The average molecular weight is 505 g/mol. The van der Waals surface area contributed by atoms with Gasteiger partial charge in [0.25, 0.3) is 5.56 Å². The lowest BCUT2D eigenvalue weighted by molar-refractivity contribution is -0.113. The Morgan fingerprint density at radius 2 is 1.80 bits per heavy atom. The molecule has 0 fully saturated rings. The standard InChI is InChI=1S/C27H28N4O2S2/c1-17-8-12-20(13-9-17)31-26(33)24-21-6-4-5-7-22(21)35-25(24)29-27(31)34-16-23(32)28-18-10-14-19(15-11-18)30(2)3/h8-15H,4-7,16H2,1-3H3,(H,28,32). The van der Waals surface area contributed by atoms with E-state index in [1.807, 2.05) is 74.4 Å². The number of nitrogens with zero attached hydrogens (tertiary/aromatic N) is 3. The lowest BCUT2D eigenvalue weighted by atomic mass is 9.97. The van der Waals surface area contributed by atoms with Gasteiger partial charge in [-0.2, -0.15) is 0 Å². The fraction of sp³-hybridized carbons (Fsp3) is 0.296. The molecule has 0 saturated heterocycles. The van der Waals surface area contributed by atoms with Gasteiger partial charge < -0.3 is 10.2 Å². The van der Waals surface area contributed by atoms with Gasteiger partial charge in [0.1, 0.15) is 4.83 Å². The molecule has 0 bridgehead atoms. The molecule has 8 heteroatoms. The van der Waals surface area contributed by atoms with Gasteiger partial charge in [-0.25, -0.2) is 4.98 Å². The highest BCUT2D eigenvalue weighted by molar-refractivity contribution is 7.99. The van der Waals surface area contributed by atoms with Crippen LogP contribution in [0.5, 0.6) is 0 Å². The van der Waals surface area contributed by atoms with Crippen molar-refractivity contribution < 1.29 is 4.79 Å². The van der Waals surface area contributed by atoms with E-state index in [1.165, 1.54) is 22.2 Å². The summed E-state index contributed by atoms with van der Waals surface area (Å²) in [7, 11) is 3.96. The molecule has 180 valence electrons. The maximum absolute atomic E-state index is 13.8. The zero-order valence-electron chi connectivity index (χ0n) is 20.1. The van der Waals surface area contributed by atoms with Crippen LogP contribution in [0, 0.1) is 6.92 Å². The van der Waals surface area contributed by atoms with Crippen LogP contribution in [-0.4, -0.2) is 35.3 Å². The number of rotatable bonds is 6. The van der Waals surface area contributed by atoms with Crippen LogP contribution < -0.4 is 15.8 Å². The van der Waals surface area contributed by atoms with Crippen molar-refractivity contribution in [2.24, 2.45) is 0 Å². The Morgan fingerprint density at radius 3 is 2.51 bits per heavy atom. The summed E-state index contributed by atoms with van der Waals surface area (Å²) in [5.41, 5.74) is 4.83. The second-order valence-corrected chi connectivity index (χ2v) is 11.1. The molecular formula is C27H28N4O2S2. The number of hydrogen-bond donors (Lipinski definition) is 1. The monoisotopic (exact) mass is 504 g/mol. The predicted molar refractivity (Wildman–Crippen MR) is 147 cm³/mol. The normalized spacial score (nSPS) is 13.0. The Hall–Kier alpha value is -3.10. The molecule has 0 atom stereocenters. The SMILES string of the molecule is Cc1ccc(-n2c(SCC(=O)Nc3ccc(N(C)C)cc3)nc3sc4c(c3c2=O)CCCC4)cc1. The minimum atomic E-state index is -0.136. The van der Waals surface area contributed by atoms with E-state index in [4.69, 9.17) is 4.98 Å². The van der Waals surface area contributed by atoms with Crippen molar-refractivity contribution in [1.82, 2.24) is 9.55 Å². The first-order valence-electron chi connectivity index (χ1n) is 11.7. The second kappa shape index (κ2) is 9.87. The highest BCUT2D eigenvalue weighted by atomic mass is 32.2. The zero-order chi connectivity index (χ0) is 24.5. The maximum Gasteiger partial charge on any atom is 0.267 e. The van der Waals surface area contributed by atoms with Crippen molar-refractivity contribution in [2.75, 3.05) is 30.1 Å². The molecule has 0 aliphatic heterocycles. The van der Waals surface area contributed by atoms with E-state index in [0.29, 0.717) is 5.16 Å². The molecule has 4 aromatic rings. The lowest BCUT2D eigenvalue weighted by Crippen LogP contribution is -2.23. The van der Waals surface area contributed by atoms with Gasteiger partial charge in [-0.05, 0) is 74.6 Å². The molecule has 1 aliphatic carbocycles. The first-order chi connectivity index (χ1) is 16.9. The molecule has 1 aliphatic rings. The van der Waals surface area contributed by atoms with Crippen molar-refractivity contribution >= 4 is 50.6 Å². The molecule has 2 aromatic heterocycles. The molecular weight excluding hydrogens is 476 g/mol. The molecule has 1 amide bonds. The van der Waals surface area contributed by atoms with Gasteiger partial charge in [0, 0.05) is 30.3 Å². The average Bonchev–Trinajstić information content (AvgIpc) is 3.22. The summed E-state index contributed by atoms with van der Waals surface area (Å²) in [6.07, 6.45) is 4.21. The van der Waals surface area contributed by atoms with Gasteiger partial charge in [0.05, 0.1) is 16.8 Å². The largest absolute Gasteiger partial charge is 0.378 e. The van der Waals surface area contributed by atoms with Crippen LogP contribution in [0.3, 0.4) is 0 Å². The molecule has 35 heavy (non-hydrogen) atoms. The van der Waals surface area contributed by atoms with E-state index in [1.54, 1.807) is 15.9 Å². The third-order valence-electron chi connectivity index (χ3n) is 6.25. The summed E-state index contributed by atoms with van der Waals surface area (Å²) in [6.45, 7) is 2.02. The summed E-state index contributed by atoms with van der Waals surface area (Å²) in [5, 5.41) is 4.24. The Kier molecular flexibility index (Phi) is 6.67. The van der Waals surface area contributed by atoms with E-state index in [9.17, 15) is 9.59 Å². The smallest absolute Gasteiger partial charge is 0.267 e. The first-order valence-corrected chi connectivity index (χ1v) is 13.6. The van der Waals surface area contributed by atoms with Gasteiger partial charge in [-0.3, -0.25) is 14.2 Å². The third-order valence-corrected chi connectivity index (χ3v) is 8.37. The minimum Gasteiger partial charge on any atom is -0.378 e. The molecule has 6 nitrogen and oxygen atoms in total. The van der Waals surface area contributed by atoms with Gasteiger partial charge in [-0.15, -0.1) is 11.3 Å².